The van der Waals surface area contributed by atoms with Crippen LogP contribution in [0, 0.1) is 17.2 Å². The van der Waals surface area contributed by atoms with Gasteiger partial charge in [-0.1, -0.05) is 15.9 Å². The molecule has 1 aliphatic heterocycles. The van der Waals surface area contributed by atoms with Gasteiger partial charge in [-0.3, -0.25) is 9.59 Å². The van der Waals surface area contributed by atoms with Crippen molar-refractivity contribution in [1.29, 1.82) is 5.26 Å². The van der Waals surface area contributed by atoms with Crippen molar-refractivity contribution < 1.29 is 14.3 Å². The molecule has 1 saturated heterocycles. The number of amides is 1. The Hall–Kier alpha value is -1.72. The highest BCUT2D eigenvalue weighted by Gasteiger charge is 2.41. The molecule has 1 aromatic rings. The highest BCUT2D eigenvalue weighted by atomic mass is 79.9. The summed E-state index contributed by atoms with van der Waals surface area (Å²) in [5, 5.41) is 12.3. The molecule has 1 fully saturated rings. The van der Waals surface area contributed by atoms with Gasteiger partial charge in [-0.15, -0.1) is 11.8 Å². The molecule has 8 heteroatoms. The summed E-state index contributed by atoms with van der Waals surface area (Å²) in [5.41, 5.74) is 1.00. The number of thioether (sulfide) groups is 1. The van der Waals surface area contributed by atoms with Crippen LogP contribution in [-0.2, 0) is 14.3 Å². The van der Waals surface area contributed by atoms with Gasteiger partial charge >= 0.3 is 5.97 Å². The Morgan fingerprint density at radius 3 is 2.70 bits per heavy atom. The fourth-order valence-electron chi connectivity index (χ4n) is 2.94. The van der Waals surface area contributed by atoms with Gasteiger partial charge in [0.2, 0.25) is 5.91 Å². The maximum Gasteiger partial charge on any atom is 0.323 e. The molecule has 1 heterocycles. The van der Waals surface area contributed by atoms with E-state index in [4.69, 9.17) is 4.74 Å². The number of ether oxygens (including phenoxy) is 1. The van der Waals surface area contributed by atoms with Crippen molar-refractivity contribution in [3.05, 3.63) is 28.7 Å². The number of nitriles is 1. The Bertz CT molecular complexity index is 692. The number of anilines is 1. The van der Waals surface area contributed by atoms with Crippen LogP contribution in [0.2, 0.25) is 0 Å². The first-order chi connectivity index (χ1) is 13.0. The molecule has 0 aliphatic carbocycles. The van der Waals surface area contributed by atoms with Gasteiger partial charge in [0, 0.05) is 29.7 Å². The van der Waals surface area contributed by atoms with Gasteiger partial charge in [0.05, 0.1) is 23.3 Å². The Kier molecular flexibility index (Phi) is 8.45. The summed E-state index contributed by atoms with van der Waals surface area (Å²) in [6.07, 6.45) is 0.986. The number of carbonyl (C=O) groups is 2. The van der Waals surface area contributed by atoms with E-state index >= 15 is 0 Å². The van der Waals surface area contributed by atoms with Crippen LogP contribution in [0.5, 0.6) is 0 Å². The van der Waals surface area contributed by atoms with Crippen molar-refractivity contribution in [2.75, 3.05) is 25.0 Å². The van der Waals surface area contributed by atoms with E-state index in [1.165, 1.54) is 11.8 Å². The number of nitrogens with zero attached hydrogens (tertiary/aromatic N) is 2. The SMILES string of the molecule is CCOC(=O)C(C#N)CC1SC(CCNc2ccc(Br)cc2)C(=O)N1CC. The van der Waals surface area contributed by atoms with Gasteiger partial charge in [-0.25, -0.2) is 0 Å². The van der Waals surface area contributed by atoms with E-state index in [2.05, 4.69) is 21.2 Å². The number of nitrogens with one attached hydrogen (secondary N) is 1. The van der Waals surface area contributed by atoms with E-state index in [1.807, 2.05) is 37.3 Å². The number of esters is 1. The average molecular weight is 454 g/mol. The largest absolute Gasteiger partial charge is 0.465 e. The number of halogens is 1. The Morgan fingerprint density at radius 1 is 1.41 bits per heavy atom. The van der Waals surface area contributed by atoms with Crippen LogP contribution in [0.3, 0.4) is 0 Å². The van der Waals surface area contributed by atoms with Crippen LogP contribution in [-0.4, -0.2) is 47.1 Å². The van der Waals surface area contributed by atoms with Gasteiger partial charge in [0.25, 0.3) is 0 Å². The minimum absolute atomic E-state index is 0.0747. The van der Waals surface area contributed by atoms with Gasteiger partial charge in [-0.05, 0) is 44.5 Å². The molecule has 1 aromatic carbocycles. The molecule has 146 valence electrons. The molecule has 0 aromatic heterocycles. The normalized spacial score (nSPS) is 20.2. The minimum atomic E-state index is -0.844. The Morgan fingerprint density at radius 2 is 2.11 bits per heavy atom. The standard InChI is InChI=1S/C19H24BrN3O3S/c1-3-23-17(11-13(12-21)19(25)26-4-2)27-16(18(23)24)9-10-22-15-7-5-14(20)6-8-15/h5-8,13,16-17,22H,3-4,9-11H2,1-2H3. The molecule has 27 heavy (non-hydrogen) atoms. The molecule has 0 spiro atoms. The molecule has 2 rings (SSSR count). The Balaban J connectivity index is 1.91. The zero-order chi connectivity index (χ0) is 19.8. The van der Waals surface area contributed by atoms with Crippen molar-refractivity contribution in [3.63, 3.8) is 0 Å². The molecule has 6 nitrogen and oxygen atoms in total. The van der Waals surface area contributed by atoms with E-state index in [1.54, 1.807) is 11.8 Å². The molecule has 0 radical (unpaired) electrons. The number of rotatable bonds is 9. The predicted octanol–water partition coefficient (Wildman–Crippen LogP) is 3.63. The lowest BCUT2D eigenvalue weighted by Crippen LogP contribution is -2.36. The first-order valence-electron chi connectivity index (χ1n) is 9.01. The molecular formula is C19H24BrN3O3S. The number of hydrogen-bond acceptors (Lipinski definition) is 6. The van der Waals surface area contributed by atoms with Crippen molar-refractivity contribution in [3.8, 4) is 6.07 Å². The second-order valence-electron chi connectivity index (χ2n) is 6.10. The lowest BCUT2D eigenvalue weighted by molar-refractivity contribution is -0.146. The second-order valence-corrected chi connectivity index (χ2v) is 8.40. The van der Waals surface area contributed by atoms with Crippen molar-refractivity contribution in [2.45, 2.75) is 37.3 Å². The van der Waals surface area contributed by atoms with Crippen molar-refractivity contribution in [2.24, 2.45) is 5.92 Å². The molecule has 1 amide bonds. The zero-order valence-electron chi connectivity index (χ0n) is 15.5. The van der Waals surface area contributed by atoms with E-state index in [0.29, 0.717) is 25.9 Å². The molecular weight excluding hydrogens is 430 g/mol. The molecule has 3 unspecified atom stereocenters. The summed E-state index contributed by atoms with van der Waals surface area (Å²) in [5.74, 6) is -1.28. The van der Waals surface area contributed by atoms with Crippen LogP contribution in [0.4, 0.5) is 5.69 Å². The monoisotopic (exact) mass is 453 g/mol. The maximum absolute atomic E-state index is 12.7. The van der Waals surface area contributed by atoms with Gasteiger partial charge in [0.1, 0.15) is 5.92 Å². The first kappa shape index (κ1) is 21.6. The Labute approximate surface area is 172 Å². The molecule has 3 atom stereocenters. The fourth-order valence-corrected chi connectivity index (χ4v) is 4.80. The number of carbonyl (C=O) groups excluding carboxylic acids is 2. The van der Waals surface area contributed by atoms with Crippen molar-refractivity contribution >= 4 is 45.3 Å². The van der Waals surface area contributed by atoms with E-state index in [-0.39, 0.29) is 23.1 Å². The van der Waals surface area contributed by atoms with Crippen molar-refractivity contribution in [1.82, 2.24) is 4.90 Å². The highest BCUT2D eigenvalue weighted by Crippen LogP contribution is 2.37. The van der Waals surface area contributed by atoms with Crippen LogP contribution in [0.1, 0.15) is 26.7 Å². The first-order valence-corrected chi connectivity index (χ1v) is 10.7. The summed E-state index contributed by atoms with van der Waals surface area (Å²) in [7, 11) is 0. The second kappa shape index (κ2) is 10.6. The van der Waals surface area contributed by atoms with Gasteiger partial charge < -0.3 is 15.0 Å². The topological polar surface area (TPSA) is 82.4 Å². The highest BCUT2D eigenvalue weighted by molar-refractivity contribution is 9.10. The fraction of sp³-hybridized carbons (Fsp3) is 0.526. The van der Waals surface area contributed by atoms with Crippen LogP contribution in [0.25, 0.3) is 0 Å². The third kappa shape index (κ3) is 5.88. The molecule has 0 saturated carbocycles. The minimum Gasteiger partial charge on any atom is -0.465 e. The van der Waals surface area contributed by atoms with Crippen LogP contribution >= 0.6 is 27.7 Å². The van der Waals surface area contributed by atoms with E-state index < -0.39 is 11.9 Å². The van der Waals surface area contributed by atoms with Crippen LogP contribution < -0.4 is 5.32 Å². The van der Waals surface area contributed by atoms with E-state index in [9.17, 15) is 14.9 Å². The lowest BCUT2D eigenvalue weighted by Gasteiger charge is -2.23. The number of benzene rings is 1. The average Bonchev–Trinajstić information content (AvgIpc) is 2.96. The summed E-state index contributed by atoms with van der Waals surface area (Å²) in [6, 6.07) is 9.90. The third-order valence-electron chi connectivity index (χ3n) is 4.31. The lowest BCUT2D eigenvalue weighted by atomic mass is 10.1. The van der Waals surface area contributed by atoms with E-state index in [0.717, 1.165) is 10.2 Å². The van der Waals surface area contributed by atoms with Crippen LogP contribution in [0.15, 0.2) is 28.7 Å². The molecule has 1 N–H and O–H groups in total. The molecule has 1 aliphatic rings. The summed E-state index contributed by atoms with van der Waals surface area (Å²) >= 11 is 4.94. The summed E-state index contributed by atoms with van der Waals surface area (Å²) in [4.78, 5) is 26.3. The summed E-state index contributed by atoms with van der Waals surface area (Å²) in [6.45, 7) is 5.12. The smallest absolute Gasteiger partial charge is 0.323 e. The summed E-state index contributed by atoms with van der Waals surface area (Å²) < 4.78 is 5.98. The van der Waals surface area contributed by atoms with Gasteiger partial charge in [0.15, 0.2) is 0 Å². The predicted molar refractivity (Wildman–Crippen MR) is 110 cm³/mol. The van der Waals surface area contributed by atoms with Gasteiger partial charge in [-0.2, -0.15) is 5.26 Å². The quantitative estimate of drug-likeness (QED) is 0.574. The zero-order valence-corrected chi connectivity index (χ0v) is 17.9. The maximum atomic E-state index is 12.7. The molecule has 0 bridgehead atoms. The number of hydrogen-bond donors (Lipinski definition) is 1. The third-order valence-corrected chi connectivity index (χ3v) is 6.37.